The van der Waals surface area contributed by atoms with Crippen LogP contribution in [0.5, 0.6) is 11.5 Å². The third kappa shape index (κ3) is 5.34. The fourth-order valence-corrected chi connectivity index (χ4v) is 12.0. The highest BCUT2D eigenvalue weighted by Crippen LogP contribution is 2.69. The second kappa shape index (κ2) is 12.1. The molecule has 3 saturated carbocycles. The minimum atomic E-state index is -0.303. The molecule has 3 aliphatic heterocycles. The first kappa shape index (κ1) is 33.8. The zero-order valence-electron chi connectivity index (χ0n) is 30.6. The van der Waals surface area contributed by atoms with E-state index in [9.17, 15) is 15.0 Å². The number of fused-ring (bicyclic) bond motifs is 9. The van der Waals surface area contributed by atoms with Crippen LogP contribution in [0.4, 0.5) is 0 Å². The Hall–Kier alpha value is -2.35. The van der Waals surface area contributed by atoms with Crippen LogP contribution in [0.1, 0.15) is 110 Å². The van der Waals surface area contributed by atoms with Gasteiger partial charge in [-0.3, -0.25) is 4.79 Å². The molecule has 2 aromatic rings. The number of phenols is 1. The van der Waals surface area contributed by atoms with E-state index in [1.807, 2.05) is 0 Å². The number of allylic oxidation sites excluding steroid dienone is 2. The van der Waals surface area contributed by atoms with E-state index in [-0.39, 0.29) is 28.5 Å². The summed E-state index contributed by atoms with van der Waals surface area (Å²) in [6.07, 6.45) is 15.2. The lowest BCUT2D eigenvalue weighted by Crippen LogP contribution is -2.50. The number of benzene rings is 1. The van der Waals surface area contributed by atoms with Crippen LogP contribution >= 0.6 is 0 Å². The van der Waals surface area contributed by atoms with Crippen molar-refractivity contribution in [1.29, 1.82) is 0 Å². The monoisotopic (exact) mass is 674 g/mol. The number of aromatic hydroxyl groups is 1. The lowest BCUT2D eigenvalue weighted by molar-refractivity contribution is -0.272. The molecule has 2 N–H and O–H groups in total. The summed E-state index contributed by atoms with van der Waals surface area (Å²) in [5.41, 5.74) is 3.35. The average molecular weight is 675 g/mol. The van der Waals surface area contributed by atoms with Gasteiger partial charge in [-0.2, -0.15) is 0 Å². The van der Waals surface area contributed by atoms with E-state index in [1.54, 1.807) is 18.6 Å². The number of aliphatic hydroxyl groups excluding tert-OH is 1. The zero-order chi connectivity index (χ0) is 34.5. The molecule has 7 aliphatic rings. The van der Waals surface area contributed by atoms with Crippen LogP contribution in [0.15, 0.2) is 33.0 Å². The molecule has 9 rings (SSSR count). The van der Waals surface area contributed by atoms with Crippen molar-refractivity contribution in [3.8, 4) is 11.5 Å². The first-order valence-electron chi connectivity index (χ1n) is 19.5. The van der Waals surface area contributed by atoms with Crippen molar-refractivity contribution in [2.24, 2.45) is 52.3 Å². The molecule has 0 amide bonds. The van der Waals surface area contributed by atoms with E-state index in [4.69, 9.17) is 18.6 Å². The van der Waals surface area contributed by atoms with Crippen molar-refractivity contribution < 1.29 is 28.8 Å². The van der Waals surface area contributed by atoms with Crippen molar-refractivity contribution in [3.63, 3.8) is 0 Å². The van der Waals surface area contributed by atoms with Crippen LogP contribution in [-0.2, 0) is 15.9 Å². The van der Waals surface area contributed by atoms with Gasteiger partial charge in [0.15, 0.2) is 11.2 Å². The van der Waals surface area contributed by atoms with Gasteiger partial charge in [0.05, 0.1) is 25.4 Å². The summed E-state index contributed by atoms with van der Waals surface area (Å²) in [6.45, 7) is 15.2. The largest absolute Gasteiger partial charge is 0.507 e. The van der Waals surface area contributed by atoms with E-state index < -0.39 is 0 Å². The quantitative estimate of drug-likeness (QED) is 0.271. The Bertz CT molecular complexity index is 1680. The lowest BCUT2D eigenvalue weighted by Gasteiger charge is -2.57. The van der Waals surface area contributed by atoms with Gasteiger partial charge in [0.2, 0.25) is 0 Å². The maximum absolute atomic E-state index is 12.0. The molecule has 1 spiro atoms. The molecular weight excluding hydrogens is 616 g/mol. The van der Waals surface area contributed by atoms with E-state index in [1.165, 1.54) is 44.6 Å². The summed E-state index contributed by atoms with van der Waals surface area (Å²) < 4.78 is 24.6. The Kier molecular flexibility index (Phi) is 8.35. The van der Waals surface area contributed by atoms with E-state index in [2.05, 4.69) is 40.7 Å². The maximum Gasteiger partial charge on any atom is 0.196 e. The standard InChI is InChI=1S/C27H42O3.C15H16O4/c1-16-7-12-27(29-15-16)17(2)24-23(30-27)14-22-20-6-5-18-13-19(28)8-10-25(18,3)21(20)9-11-26(22,24)4;1-8-3-4-10-12(18-7-8)6-13-14(15(10)17)11(16)5-9(2)19-13/h9,16-20,22-24,28H,5-8,10-15H2,1-4H3;5-6,8,17H,3-4,7H2,1-2H3. The van der Waals surface area contributed by atoms with E-state index in [0.717, 1.165) is 44.1 Å². The van der Waals surface area contributed by atoms with Crippen LogP contribution in [0.2, 0.25) is 0 Å². The molecule has 0 radical (unpaired) electrons. The summed E-state index contributed by atoms with van der Waals surface area (Å²) in [4.78, 5) is 12.0. The lowest BCUT2D eigenvalue weighted by atomic mass is 9.48. The Morgan fingerprint density at radius 1 is 0.939 bits per heavy atom. The van der Waals surface area contributed by atoms with Crippen molar-refractivity contribution >= 4 is 11.0 Å². The number of ether oxygens (including phenoxy) is 3. The van der Waals surface area contributed by atoms with Crippen molar-refractivity contribution in [3.05, 3.63) is 45.3 Å². The molecule has 0 bridgehead atoms. The number of aliphatic hydroxyl groups is 1. The number of phenolic OH excluding ortho intramolecular Hbond substituents is 1. The molecule has 2 saturated heterocycles. The van der Waals surface area contributed by atoms with E-state index in [0.29, 0.717) is 82.2 Å². The highest BCUT2D eigenvalue weighted by molar-refractivity contribution is 5.86. The zero-order valence-corrected chi connectivity index (χ0v) is 30.6. The molecule has 12 atom stereocenters. The number of aryl methyl sites for hydroxylation is 1. The number of rotatable bonds is 0. The third-order valence-corrected chi connectivity index (χ3v) is 14.9. The van der Waals surface area contributed by atoms with Crippen molar-refractivity contribution in [2.75, 3.05) is 13.2 Å². The second-order valence-corrected chi connectivity index (χ2v) is 17.9. The van der Waals surface area contributed by atoms with Gasteiger partial charge in [-0.15, -0.1) is 0 Å². The van der Waals surface area contributed by atoms with Crippen LogP contribution < -0.4 is 10.2 Å². The minimum Gasteiger partial charge on any atom is -0.507 e. The molecule has 7 nitrogen and oxygen atoms in total. The van der Waals surface area contributed by atoms with Gasteiger partial charge in [-0.25, -0.2) is 0 Å². The highest BCUT2D eigenvalue weighted by Gasteiger charge is 2.67. The van der Waals surface area contributed by atoms with Gasteiger partial charge in [0, 0.05) is 30.0 Å². The molecule has 4 heterocycles. The smallest absolute Gasteiger partial charge is 0.196 e. The molecule has 5 fully saturated rings. The van der Waals surface area contributed by atoms with Gasteiger partial charge in [0.25, 0.3) is 0 Å². The topological polar surface area (TPSA) is 98.4 Å². The number of hydrogen-bond donors (Lipinski definition) is 2. The molecule has 12 unspecified atom stereocenters. The van der Waals surface area contributed by atoms with Gasteiger partial charge in [-0.05, 0) is 117 Å². The van der Waals surface area contributed by atoms with Gasteiger partial charge >= 0.3 is 0 Å². The fourth-order valence-electron chi connectivity index (χ4n) is 12.0. The predicted molar refractivity (Wildman–Crippen MR) is 190 cm³/mol. The molecule has 268 valence electrons. The highest BCUT2D eigenvalue weighted by atomic mass is 16.7. The Morgan fingerprint density at radius 2 is 1.73 bits per heavy atom. The van der Waals surface area contributed by atoms with Gasteiger partial charge in [0.1, 0.15) is 28.2 Å². The third-order valence-electron chi connectivity index (χ3n) is 14.9. The SMILES string of the molecule is CC1CCC2(OC1)OC1CC3C4CCC5CC(O)CCC5(C)C4=CCC3(C)C1C2C.Cc1cc(=O)c2c(O)c3c(cc2o1)OCC(C)CC3. The molecular formula is C42H58O7. The molecule has 49 heavy (non-hydrogen) atoms. The van der Waals surface area contributed by atoms with E-state index >= 15 is 0 Å². The van der Waals surface area contributed by atoms with Crippen molar-refractivity contribution in [1.82, 2.24) is 0 Å². The fraction of sp³-hybridized carbons (Fsp3) is 0.738. The molecule has 7 heteroatoms. The van der Waals surface area contributed by atoms with Crippen LogP contribution in [0, 0.1) is 59.2 Å². The summed E-state index contributed by atoms with van der Waals surface area (Å²) in [5, 5.41) is 20.9. The van der Waals surface area contributed by atoms with Crippen LogP contribution in [-0.4, -0.2) is 41.4 Å². The van der Waals surface area contributed by atoms with Crippen molar-refractivity contribution in [2.45, 2.75) is 130 Å². The maximum atomic E-state index is 12.0. The first-order valence-corrected chi connectivity index (χ1v) is 19.5. The molecule has 1 aromatic carbocycles. The molecule has 4 aliphatic carbocycles. The van der Waals surface area contributed by atoms with Gasteiger partial charge in [-0.1, -0.05) is 46.3 Å². The number of hydrogen-bond acceptors (Lipinski definition) is 7. The predicted octanol–water partition coefficient (Wildman–Crippen LogP) is 8.48. The summed E-state index contributed by atoms with van der Waals surface area (Å²) >= 11 is 0. The average Bonchev–Trinajstić information content (AvgIpc) is 3.41. The Morgan fingerprint density at radius 3 is 2.51 bits per heavy atom. The van der Waals surface area contributed by atoms with Gasteiger partial charge < -0.3 is 28.8 Å². The summed E-state index contributed by atoms with van der Waals surface area (Å²) in [5.74, 6) is 5.28. The summed E-state index contributed by atoms with van der Waals surface area (Å²) in [6, 6.07) is 3.12. The van der Waals surface area contributed by atoms with Crippen LogP contribution in [0.3, 0.4) is 0 Å². The normalized spacial score (nSPS) is 43.9. The van der Waals surface area contributed by atoms with Crippen LogP contribution in [0.25, 0.3) is 11.0 Å². The second-order valence-electron chi connectivity index (χ2n) is 17.9. The Labute approximate surface area is 291 Å². The molecule has 1 aromatic heterocycles. The Balaban J connectivity index is 0.000000158. The minimum absolute atomic E-state index is 0.00958. The first-order chi connectivity index (χ1) is 23.3. The summed E-state index contributed by atoms with van der Waals surface area (Å²) in [7, 11) is 0.